The van der Waals surface area contributed by atoms with E-state index in [-0.39, 0.29) is 12.1 Å². The van der Waals surface area contributed by atoms with E-state index in [1.807, 2.05) is 4.68 Å². The Labute approximate surface area is 148 Å². The van der Waals surface area contributed by atoms with Gasteiger partial charge in [0, 0.05) is 19.8 Å². The summed E-state index contributed by atoms with van der Waals surface area (Å²) >= 11 is 0. The van der Waals surface area contributed by atoms with Crippen molar-refractivity contribution in [3.05, 3.63) is 71.5 Å². The first-order valence-electron chi connectivity index (χ1n) is 8.62. The van der Waals surface area contributed by atoms with Crippen LogP contribution < -0.4 is 10.2 Å². The Hall–Kier alpha value is -2.82. The van der Waals surface area contributed by atoms with Gasteiger partial charge in [-0.05, 0) is 36.6 Å². The number of fused-ring (bicyclic) bond motifs is 1. The van der Waals surface area contributed by atoms with E-state index in [1.54, 1.807) is 6.33 Å². The number of aromatic nitrogens is 3. The highest BCUT2D eigenvalue weighted by Gasteiger charge is 2.29. The molecule has 0 aliphatic carbocycles. The van der Waals surface area contributed by atoms with E-state index < -0.39 is 0 Å². The molecule has 0 amide bonds. The van der Waals surface area contributed by atoms with Gasteiger partial charge in [-0.1, -0.05) is 42.0 Å². The van der Waals surface area contributed by atoms with Gasteiger partial charge < -0.3 is 10.2 Å². The Kier molecular flexibility index (Phi) is 3.92. The van der Waals surface area contributed by atoms with Crippen LogP contribution in [0.25, 0.3) is 0 Å². The van der Waals surface area contributed by atoms with Crippen molar-refractivity contribution in [2.45, 2.75) is 25.4 Å². The second kappa shape index (κ2) is 6.24. The van der Waals surface area contributed by atoms with Gasteiger partial charge in [0.25, 0.3) is 0 Å². The fourth-order valence-electron chi connectivity index (χ4n) is 3.41. The van der Waals surface area contributed by atoms with Crippen LogP contribution >= 0.6 is 0 Å². The number of hydrogen-bond donors (Lipinski definition) is 1. The zero-order chi connectivity index (χ0) is 17.4. The third-order valence-electron chi connectivity index (χ3n) is 4.90. The minimum absolute atomic E-state index is 0.192. The first kappa shape index (κ1) is 15.7. The summed E-state index contributed by atoms with van der Waals surface area (Å²) in [5, 5.41) is 7.97. The molecule has 0 saturated heterocycles. The molecule has 2 aromatic carbocycles. The first-order chi connectivity index (χ1) is 12.1. The standard InChI is InChI=1S/C20H23N5/c1-14-4-6-16(7-5-14)19-12-18(23-20-21-13-22-25(19)20)15-8-10-17(11-9-15)24(2)3/h4-11,13,18-19H,12H2,1-3H3,(H,21,22,23). The lowest BCUT2D eigenvalue weighted by molar-refractivity contribution is 0.431. The van der Waals surface area contributed by atoms with Gasteiger partial charge in [0.2, 0.25) is 5.95 Å². The second-order valence-corrected chi connectivity index (χ2v) is 6.87. The van der Waals surface area contributed by atoms with Gasteiger partial charge in [-0.25, -0.2) is 4.68 Å². The number of aryl methyl sites for hydroxylation is 1. The maximum atomic E-state index is 4.44. The van der Waals surface area contributed by atoms with E-state index in [9.17, 15) is 0 Å². The summed E-state index contributed by atoms with van der Waals surface area (Å²) in [5.74, 6) is 0.832. The summed E-state index contributed by atoms with van der Waals surface area (Å²) in [6.45, 7) is 2.11. The van der Waals surface area contributed by atoms with Crippen molar-refractivity contribution in [3.63, 3.8) is 0 Å². The molecule has 0 bridgehead atoms. The molecule has 0 fully saturated rings. The Morgan fingerprint density at radius 2 is 1.68 bits per heavy atom. The average molecular weight is 333 g/mol. The maximum absolute atomic E-state index is 4.44. The minimum Gasteiger partial charge on any atom is -0.378 e. The predicted molar refractivity (Wildman–Crippen MR) is 101 cm³/mol. The molecule has 1 aromatic heterocycles. The van der Waals surface area contributed by atoms with Crippen molar-refractivity contribution < 1.29 is 0 Å². The summed E-state index contributed by atoms with van der Waals surface area (Å²) in [6.07, 6.45) is 2.57. The summed E-state index contributed by atoms with van der Waals surface area (Å²) in [4.78, 5) is 6.52. The fourth-order valence-corrected chi connectivity index (χ4v) is 3.41. The van der Waals surface area contributed by atoms with Crippen molar-refractivity contribution in [1.82, 2.24) is 14.8 Å². The molecular formula is C20H23N5. The summed E-state index contributed by atoms with van der Waals surface area (Å²) in [7, 11) is 4.12. The minimum atomic E-state index is 0.192. The number of rotatable bonds is 3. The van der Waals surface area contributed by atoms with Crippen LogP contribution in [0.5, 0.6) is 0 Å². The highest BCUT2D eigenvalue weighted by atomic mass is 15.4. The van der Waals surface area contributed by atoms with Crippen LogP contribution in [0.3, 0.4) is 0 Å². The molecule has 25 heavy (non-hydrogen) atoms. The third kappa shape index (κ3) is 2.97. The van der Waals surface area contributed by atoms with Crippen molar-refractivity contribution in [1.29, 1.82) is 0 Å². The summed E-state index contributed by atoms with van der Waals surface area (Å²) in [6, 6.07) is 17.9. The van der Waals surface area contributed by atoms with Crippen LogP contribution in [-0.4, -0.2) is 28.9 Å². The van der Waals surface area contributed by atoms with Crippen molar-refractivity contribution in [3.8, 4) is 0 Å². The van der Waals surface area contributed by atoms with E-state index in [4.69, 9.17) is 0 Å². The smallest absolute Gasteiger partial charge is 0.222 e. The number of nitrogens with zero attached hydrogens (tertiary/aromatic N) is 4. The molecule has 4 rings (SSSR count). The van der Waals surface area contributed by atoms with Gasteiger partial charge in [-0.2, -0.15) is 10.1 Å². The second-order valence-electron chi connectivity index (χ2n) is 6.87. The molecule has 2 heterocycles. The Bertz CT molecular complexity index is 849. The fraction of sp³-hybridized carbons (Fsp3) is 0.300. The van der Waals surface area contributed by atoms with E-state index in [0.717, 1.165) is 12.4 Å². The third-order valence-corrected chi connectivity index (χ3v) is 4.90. The number of nitrogens with one attached hydrogen (secondary N) is 1. The van der Waals surface area contributed by atoms with Crippen LogP contribution in [0.15, 0.2) is 54.9 Å². The van der Waals surface area contributed by atoms with Gasteiger partial charge >= 0.3 is 0 Å². The molecular weight excluding hydrogens is 310 g/mol. The molecule has 1 aliphatic rings. The van der Waals surface area contributed by atoms with Crippen LogP contribution in [-0.2, 0) is 0 Å². The maximum Gasteiger partial charge on any atom is 0.222 e. The van der Waals surface area contributed by atoms with Crippen LogP contribution in [0.2, 0.25) is 0 Å². The molecule has 128 valence electrons. The van der Waals surface area contributed by atoms with E-state index >= 15 is 0 Å². The molecule has 1 N–H and O–H groups in total. The normalized spacial score (nSPS) is 19.2. The van der Waals surface area contributed by atoms with E-state index in [2.05, 4.69) is 89.8 Å². The molecule has 3 aromatic rings. The van der Waals surface area contributed by atoms with Crippen LogP contribution in [0, 0.1) is 6.92 Å². The van der Waals surface area contributed by atoms with Gasteiger partial charge in [0.05, 0.1) is 12.1 Å². The van der Waals surface area contributed by atoms with Crippen molar-refractivity contribution in [2.24, 2.45) is 0 Å². The lowest BCUT2D eigenvalue weighted by Crippen LogP contribution is -2.28. The zero-order valence-corrected chi connectivity index (χ0v) is 14.8. The molecule has 0 saturated carbocycles. The number of hydrogen-bond acceptors (Lipinski definition) is 4. The number of anilines is 2. The average Bonchev–Trinajstić information content (AvgIpc) is 3.10. The lowest BCUT2D eigenvalue weighted by atomic mass is 9.93. The molecule has 2 unspecified atom stereocenters. The largest absolute Gasteiger partial charge is 0.378 e. The lowest BCUT2D eigenvalue weighted by Gasteiger charge is -2.32. The molecule has 2 atom stereocenters. The number of benzene rings is 2. The summed E-state index contributed by atoms with van der Waals surface area (Å²) in [5.41, 5.74) is 5.02. The van der Waals surface area contributed by atoms with Gasteiger partial charge in [0.1, 0.15) is 6.33 Å². The van der Waals surface area contributed by atoms with Crippen molar-refractivity contribution >= 4 is 11.6 Å². The quantitative estimate of drug-likeness (QED) is 0.792. The highest BCUT2D eigenvalue weighted by molar-refractivity contribution is 5.48. The van der Waals surface area contributed by atoms with Crippen molar-refractivity contribution in [2.75, 3.05) is 24.3 Å². The molecule has 0 spiro atoms. The Morgan fingerprint density at radius 1 is 1.00 bits per heavy atom. The van der Waals surface area contributed by atoms with Gasteiger partial charge in [-0.15, -0.1) is 0 Å². The first-order valence-corrected chi connectivity index (χ1v) is 8.62. The molecule has 5 heteroatoms. The van der Waals surface area contributed by atoms with Gasteiger partial charge in [-0.3, -0.25) is 0 Å². The Morgan fingerprint density at radius 3 is 2.36 bits per heavy atom. The SMILES string of the molecule is Cc1ccc(C2CC(c3ccc(N(C)C)cc3)Nc3ncnn32)cc1. The predicted octanol–water partition coefficient (Wildman–Crippen LogP) is 3.80. The molecule has 5 nitrogen and oxygen atoms in total. The van der Waals surface area contributed by atoms with E-state index in [1.165, 1.54) is 22.4 Å². The summed E-state index contributed by atoms with van der Waals surface area (Å²) < 4.78 is 2.00. The van der Waals surface area contributed by atoms with Crippen LogP contribution in [0.1, 0.15) is 35.2 Å². The highest BCUT2D eigenvalue weighted by Crippen LogP contribution is 2.37. The monoisotopic (exact) mass is 333 g/mol. The van der Waals surface area contributed by atoms with Crippen LogP contribution in [0.4, 0.5) is 11.6 Å². The Balaban J connectivity index is 1.67. The molecule has 0 radical (unpaired) electrons. The van der Waals surface area contributed by atoms with E-state index in [0.29, 0.717) is 0 Å². The topological polar surface area (TPSA) is 46.0 Å². The zero-order valence-electron chi connectivity index (χ0n) is 14.8. The molecule has 1 aliphatic heterocycles. The van der Waals surface area contributed by atoms with Gasteiger partial charge in [0.15, 0.2) is 0 Å².